The molecule has 0 saturated heterocycles. The molecule has 1 rings (SSSR count). The van der Waals surface area contributed by atoms with Crippen molar-refractivity contribution < 1.29 is 13.2 Å². The number of carbonyl (C=O) groups excluding carboxylic acids is 1. The minimum absolute atomic E-state index is 0.0458. The zero-order chi connectivity index (χ0) is 15.3. The van der Waals surface area contributed by atoms with Crippen LogP contribution in [0, 0.1) is 0 Å². The highest BCUT2D eigenvalue weighted by Crippen LogP contribution is 2.15. The zero-order valence-corrected chi connectivity index (χ0v) is 12.9. The van der Waals surface area contributed by atoms with E-state index in [1.165, 1.54) is 4.90 Å². The van der Waals surface area contributed by atoms with E-state index in [2.05, 4.69) is 0 Å². The number of carbonyl (C=O) groups is 1. The van der Waals surface area contributed by atoms with Gasteiger partial charge in [-0.15, -0.1) is 0 Å². The van der Waals surface area contributed by atoms with Crippen LogP contribution < -0.4 is 5.73 Å². The summed E-state index contributed by atoms with van der Waals surface area (Å²) in [6.07, 6.45) is 1.33. The molecule has 112 valence electrons. The van der Waals surface area contributed by atoms with E-state index in [1.54, 1.807) is 14.0 Å². The summed E-state index contributed by atoms with van der Waals surface area (Å²) in [5, 5.41) is 0. The highest BCUT2D eigenvalue weighted by Gasteiger charge is 2.21. The Morgan fingerprint density at radius 3 is 2.35 bits per heavy atom. The maximum absolute atomic E-state index is 12.1. The molecule has 5 nitrogen and oxygen atoms in total. The first-order chi connectivity index (χ1) is 9.20. The Morgan fingerprint density at radius 1 is 1.30 bits per heavy atom. The third kappa shape index (κ3) is 5.30. The fourth-order valence-corrected chi connectivity index (χ4v) is 3.05. The van der Waals surface area contributed by atoms with Gasteiger partial charge in [0.05, 0.1) is 5.75 Å². The van der Waals surface area contributed by atoms with Crippen LogP contribution in [0.25, 0.3) is 0 Å². The molecule has 1 amide bonds. The maximum atomic E-state index is 12.1. The van der Waals surface area contributed by atoms with Crippen LogP contribution in [-0.2, 0) is 14.6 Å². The lowest BCUT2D eigenvalue weighted by Gasteiger charge is -2.25. The van der Waals surface area contributed by atoms with Gasteiger partial charge in [0.1, 0.15) is 9.84 Å². The molecule has 20 heavy (non-hydrogen) atoms. The molecule has 2 N–H and O–H groups in total. The molecule has 0 aliphatic carbocycles. The van der Waals surface area contributed by atoms with Crippen LogP contribution in [0.3, 0.4) is 0 Å². The lowest BCUT2D eigenvalue weighted by molar-refractivity contribution is -0.131. The fraction of sp³-hybridized carbons (Fsp3) is 0.500. The predicted octanol–water partition coefficient (Wildman–Crippen LogP) is 0.968. The lowest BCUT2D eigenvalue weighted by Crippen LogP contribution is -2.40. The Balaban J connectivity index is 2.62. The van der Waals surface area contributed by atoms with Crippen molar-refractivity contribution in [2.75, 3.05) is 19.1 Å². The Bertz CT molecular complexity index is 543. The van der Waals surface area contributed by atoms with E-state index in [-0.39, 0.29) is 30.2 Å². The van der Waals surface area contributed by atoms with E-state index in [4.69, 9.17) is 5.73 Å². The topological polar surface area (TPSA) is 80.5 Å². The van der Waals surface area contributed by atoms with E-state index < -0.39 is 9.84 Å². The molecule has 0 saturated carbocycles. The molecule has 0 radical (unpaired) electrons. The Labute approximate surface area is 120 Å². The van der Waals surface area contributed by atoms with Gasteiger partial charge >= 0.3 is 0 Å². The van der Waals surface area contributed by atoms with Crippen LogP contribution in [0.1, 0.15) is 24.9 Å². The van der Waals surface area contributed by atoms with Crippen molar-refractivity contribution in [3.63, 3.8) is 0 Å². The van der Waals surface area contributed by atoms with Gasteiger partial charge in [0, 0.05) is 31.8 Å². The molecule has 1 aromatic rings. The SMILES string of the molecule is C[C@H](CS(C)(=O)=O)N(C)C(=O)C[C@H](N)c1ccccc1. The molecule has 2 atom stereocenters. The molecule has 0 aliphatic rings. The second-order valence-corrected chi connectivity index (χ2v) is 7.35. The number of benzene rings is 1. The highest BCUT2D eigenvalue weighted by atomic mass is 32.2. The Kier molecular flexibility index (Phi) is 5.71. The average Bonchev–Trinajstić information content (AvgIpc) is 2.36. The number of nitrogens with zero attached hydrogens (tertiary/aromatic N) is 1. The first-order valence-corrected chi connectivity index (χ1v) is 8.50. The first kappa shape index (κ1) is 16.7. The van der Waals surface area contributed by atoms with Crippen molar-refractivity contribution in [3.05, 3.63) is 35.9 Å². The zero-order valence-electron chi connectivity index (χ0n) is 12.1. The molecule has 6 heteroatoms. The smallest absolute Gasteiger partial charge is 0.224 e. The summed E-state index contributed by atoms with van der Waals surface area (Å²) in [6.45, 7) is 1.72. The standard InChI is InChI=1S/C14H22N2O3S/c1-11(10-20(3,18)19)16(2)14(17)9-13(15)12-7-5-4-6-8-12/h4-8,11,13H,9-10,15H2,1-3H3/t11-,13+/m1/s1. The van der Waals surface area contributed by atoms with Crippen molar-refractivity contribution in [1.29, 1.82) is 0 Å². The van der Waals surface area contributed by atoms with Gasteiger partial charge in [0.2, 0.25) is 5.91 Å². The van der Waals surface area contributed by atoms with E-state index in [9.17, 15) is 13.2 Å². The summed E-state index contributed by atoms with van der Waals surface area (Å²) in [6, 6.07) is 8.64. The highest BCUT2D eigenvalue weighted by molar-refractivity contribution is 7.90. The van der Waals surface area contributed by atoms with Crippen LogP contribution >= 0.6 is 0 Å². The van der Waals surface area contributed by atoms with Crippen LogP contribution in [-0.4, -0.2) is 44.3 Å². The number of hydrogen-bond acceptors (Lipinski definition) is 4. The molecule has 0 spiro atoms. The number of amides is 1. The van der Waals surface area contributed by atoms with Gasteiger partial charge < -0.3 is 10.6 Å². The normalized spacial score (nSPS) is 14.6. The van der Waals surface area contributed by atoms with E-state index in [0.29, 0.717) is 0 Å². The fourth-order valence-electron chi connectivity index (χ4n) is 1.95. The maximum Gasteiger partial charge on any atom is 0.224 e. The summed E-state index contributed by atoms with van der Waals surface area (Å²) >= 11 is 0. The molecule has 0 heterocycles. The molecule has 1 aromatic carbocycles. The van der Waals surface area contributed by atoms with Crippen molar-refractivity contribution in [2.45, 2.75) is 25.4 Å². The van der Waals surface area contributed by atoms with E-state index in [1.807, 2.05) is 30.3 Å². The number of nitrogens with two attached hydrogens (primary N) is 1. The van der Waals surface area contributed by atoms with Crippen LogP contribution in [0.15, 0.2) is 30.3 Å². The van der Waals surface area contributed by atoms with Crippen molar-refractivity contribution in [3.8, 4) is 0 Å². The van der Waals surface area contributed by atoms with Gasteiger partial charge in [0.15, 0.2) is 0 Å². The second kappa shape index (κ2) is 6.85. The van der Waals surface area contributed by atoms with Crippen LogP contribution in [0.4, 0.5) is 0 Å². The van der Waals surface area contributed by atoms with Crippen LogP contribution in [0.2, 0.25) is 0 Å². The monoisotopic (exact) mass is 298 g/mol. The summed E-state index contributed by atoms with van der Waals surface area (Å²) in [5.41, 5.74) is 6.89. The van der Waals surface area contributed by atoms with E-state index >= 15 is 0 Å². The van der Waals surface area contributed by atoms with Gasteiger partial charge in [-0.1, -0.05) is 30.3 Å². The summed E-state index contributed by atoms with van der Waals surface area (Å²) in [4.78, 5) is 13.6. The van der Waals surface area contributed by atoms with Gasteiger partial charge in [0.25, 0.3) is 0 Å². The largest absolute Gasteiger partial charge is 0.342 e. The third-order valence-corrected chi connectivity index (χ3v) is 4.31. The predicted molar refractivity (Wildman–Crippen MR) is 79.9 cm³/mol. The number of sulfone groups is 1. The molecule has 0 aliphatic heterocycles. The minimum atomic E-state index is -3.11. The first-order valence-electron chi connectivity index (χ1n) is 6.44. The van der Waals surface area contributed by atoms with Crippen molar-refractivity contribution in [1.82, 2.24) is 4.90 Å². The summed E-state index contributed by atoms with van der Waals surface area (Å²) in [7, 11) is -1.50. The molecule has 0 aromatic heterocycles. The lowest BCUT2D eigenvalue weighted by atomic mass is 10.0. The van der Waals surface area contributed by atoms with Crippen molar-refractivity contribution in [2.24, 2.45) is 5.73 Å². The summed E-state index contributed by atoms with van der Waals surface area (Å²) < 4.78 is 22.5. The Hall–Kier alpha value is -1.40. The number of hydrogen-bond donors (Lipinski definition) is 1. The number of rotatable bonds is 6. The van der Waals surface area contributed by atoms with Gasteiger partial charge in [-0.25, -0.2) is 8.42 Å². The molecular weight excluding hydrogens is 276 g/mol. The molecule has 0 unspecified atom stereocenters. The molecule has 0 fully saturated rings. The van der Waals surface area contributed by atoms with Gasteiger partial charge in [-0.05, 0) is 12.5 Å². The Morgan fingerprint density at radius 2 is 1.85 bits per heavy atom. The minimum Gasteiger partial charge on any atom is -0.342 e. The average molecular weight is 298 g/mol. The second-order valence-electron chi connectivity index (χ2n) is 5.17. The summed E-state index contributed by atoms with van der Waals surface area (Å²) in [5.74, 6) is -0.201. The van der Waals surface area contributed by atoms with Gasteiger partial charge in [-0.3, -0.25) is 4.79 Å². The van der Waals surface area contributed by atoms with Crippen molar-refractivity contribution >= 4 is 15.7 Å². The van der Waals surface area contributed by atoms with Crippen LogP contribution in [0.5, 0.6) is 0 Å². The molecular formula is C14H22N2O3S. The van der Waals surface area contributed by atoms with Gasteiger partial charge in [-0.2, -0.15) is 0 Å². The van der Waals surface area contributed by atoms with E-state index in [0.717, 1.165) is 11.8 Å². The third-order valence-electron chi connectivity index (χ3n) is 3.22. The quantitative estimate of drug-likeness (QED) is 0.848. The molecule has 0 bridgehead atoms.